The van der Waals surface area contributed by atoms with Gasteiger partial charge in [0.1, 0.15) is 6.33 Å². The van der Waals surface area contributed by atoms with E-state index >= 15 is 0 Å². The summed E-state index contributed by atoms with van der Waals surface area (Å²) in [5, 5.41) is 7.80. The van der Waals surface area contributed by atoms with E-state index in [0.29, 0.717) is 12.3 Å². The van der Waals surface area contributed by atoms with Gasteiger partial charge in [-0.15, -0.1) is 10.2 Å². The van der Waals surface area contributed by atoms with Gasteiger partial charge in [-0.1, -0.05) is 0 Å². The van der Waals surface area contributed by atoms with Crippen molar-refractivity contribution in [1.29, 1.82) is 0 Å². The monoisotopic (exact) mass is 228 g/mol. The maximum Gasteiger partial charge on any atom is 0.232 e. The molecular weight excluding hydrogens is 212 g/mol. The average Bonchev–Trinajstić information content (AvgIpc) is 2.65. The van der Waals surface area contributed by atoms with Crippen molar-refractivity contribution in [2.75, 3.05) is 19.1 Å². The Hall–Kier alpha value is -1.04. The Morgan fingerprint density at radius 2 is 2.40 bits per heavy atom. The molecule has 0 aliphatic carbocycles. The van der Waals surface area contributed by atoms with Gasteiger partial charge in [-0.25, -0.2) is 0 Å². The molecule has 1 amide bonds. The number of thioether (sulfide) groups is 1. The van der Waals surface area contributed by atoms with Crippen molar-refractivity contribution in [1.82, 2.24) is 19.7 Å². The van der Waals surface area contributed by atoms with E-state index in [4.69, 9.17) is 0 Å². The van der Waals surface area contributed by atoms with Crippen LogP contribution in [0.25, 0.3) is 0 Å². The Morgan fingerprint density at radius 1 is 1.67 bits per heavy atom. The molecule has 5 nitrogen and oxygen atoms in total. The number of hydrogen-bond donors (Lipinski definition) is 0. The molecule has 0 N–H and O–H groups in total. The lowest BCUT2D eigenvalue weighted by Gasteiger charge is -2.16. The van der Waals surface area contributed by atoms with Gasteiger partial charge in [-0.3, -0.25) is 4.79 Å². The van der Waals surface area contributed by atoms with Crippen molar-refractivity contribution in [3.63, 3.8) is 0 Å². The standard InChI is InChI=1S/C9H16N4OS/c1-4-13-7-10-11-8(13)5-12(2)9(14)6-15-3/h7H,4-6H2,1-3H3. The van der Waals surface area contributed by atoms with Crippen LogP contribution in [0.15, 0.2) is 6.33 Å². The van der Waals surface area contributed by atoms with Gasteiger partial charge in [0.25, 0.3) is 0 Å². The Labute approximate surface area is 93.9 Å². The number of amides is 1. The zero-order valence-electron chi connectivity index (χ0n) is 9.30. The number of carbonyl (C=O) groups is 1. The zero-order valence-corrected chi connectivity index (χ0v) is 10.1. The highest BCUT2D eigenvalue weighted by molar-refractivity contribution is 7.99. The molecule has 6 heteroatoms. The quantitative estimate of drug-likeness (QED) is 0.741. The molecule has 0 spiro atoms. The minimum absolute atomic E-state index is 0.119. The van der Waals surface area contributed by atoms with Crippen molar-refractivity contribution in [3.05, 3.63) is 12.2 Å². The van der Waals surface area contributed by atoms with Gasteiger partial charge in [0.15, 0.2) is 5.82 Å². The average molecular weight is 228 g/mol. The molecule has 0 saturated carbocycles. The maximum atomic E-state index is 11.5. The maximum absolute atomic E-state index is 11.5. The molecule has 15 heavy (non-hydrogen) atoms. The molecule has 1 rings (SSSR count). The van der Waals surface area contributed by atoms with Gasteiger partial charge < -0.3 is 9.47 Å². The first kappa shape index (κ1) is 12.0. The summed E-state index contributed by atoms with van der Waals surface area (Å²) in [6, 6.07) is 0. The fourth-order valence-electron chi connectivity index (χ4n) is 1.20. The molecule has 0 unspecified atom stereocenters. The van der Waals surface area contributed by atoms with Crippen LogP contribution in [0.3, 0.4) is 0 Å². The minimum Gasteiger partial charge on any atom is -0.337 e. The molecule has 1 heterocycles. The van der Waals surface area contributed by atoms with Crippen molar-refractivity contribution in [3.8, 4) is 0 Å². The summed E-state index contributed by atoms with van der Waals surface area (Å²) in [6.07, 6.45) is 3.60. The zero-order chi connectivity index (χ0) is 11.3. The molecule has 1 aromatic heterocycles. The van der Waals surface area contributed by atoms with E-state index in [1.54, 1.807) is 18.3 Å². The fraction of sp³-hybridized carbons (Fsp3) is 0.667. The van der Waals surface area contributed by atoms with Crippen LogP contribution in [-0.2, 0) is 17.9 Å². The molecular formula is C9H16N4OS. The van der Waals surface area contributed by atoms with E-state index in [0.717, 1.165) is 12.4 Å². The molecule has 0 aromatic carbocycles. The normalized spacial score (nSPS) is 10.3. The SMILES string of the molecule is CCn1cnnc1CN(C)C(=O)CSC. The van der Waals surface area contributed by atoms with Crippen molar-refractivity contribution >= 4 is 17.7 Å². The van der Waals surface area contributed by atoms with Gasteiger partial charge in [-0.2, -0.15) is 11.8 Å². The van der Waals surface area contributed by atoms with E-state index in [1.165, 1.54) is 11.8 Å². The molecule has 0 saturated heterocycles. The van der Waals surface area contributed by atoms with Crippen LogP contribution in [0, 0.1) is 0 Å². The lowest BCUT2D eigenvalue weighted by atomic mass is 10.5. The first-order chi connectivity index (χ1) is 7.19. The highest BCUT2D eigenvalue weighted by atomic mass is 32.2. The van der Waals surface area contributed by atoms with Crippen LogP contribution in [0.2, 0.25) is 0 Å². The Morgan fingerprint density at radius 3 is 3.00 bits per heavy atom. The van der Waals surface area contributed by atoms with Crippen LogP contribution in [-0.4, -0.2) is 44.6 Å². The van der Waals surface area contributed by atoms with Gasteiger partial charge >= 0.3 is 0 Å². The van der Waals surface area contributed by atoms with Crippen LogP contribution >= 0.6 is 11.8 Å². The summed E-state index contributed by atoms with van der Waals surface area (Å²) in [6.45, 7) is 3.37. The molecule has 0 bridgehead atoms. The fourth-order valence-corrected chi connectivity index (χ4v) is 1.67. The summed E-state index contributed by atoms with van der Waals surface area (Å²) in [7, 11) is 1.78. The predicted molar refractivity (Wildman–Crippen MR) is 60.6 cm³/mol. The van der Waals surface area contributed by atoms with Crippen LogP contribution in [0.4, 0.5) is 0 Å². The summed E-state index contributed by atoms with van der Waals surface area (Å²) in [5.41, 5.74) is 0. The van der Waals surface area contributed by atoms with Gasteiger partial charge in [0.2, 0.25) is 5.91 Å². The van der Waals surface area contributed by atoms with Crippen molar-refractivity contribution in [2.45, 2.75) is 20.0 Å². The minimum atomic E-state index is 0.119. The van der Waals surface area contributed by atoms with Crippen molar-refractivity contribution in [2.24, 2.45) is 0 Å². The second-order valence-corrected chi connectivity index (χ2v) is 4.08. The molecule has 0 aliphatic rings. The summed E-state index contributed by atoms with van der Waals surface area (Å²) >= 11 is 1.53. The Kier molecular flexibility index (Phi) is 4.61. The van der Waals surface area contributed by atoms with E-state index in [-0.39, 0.29) is 5.91 Å². The van der Waals surface area contributed by atoms with Gasteiger partial charge in [0.05, 0.1) is 12.3 Å². The first-order valence-electron chi connectivity index (χ1n) is 4.78. The molecule has 0 radical (unpaired) electrons. The van der Waals surface area contributed by atoms with Crippen LogP contribution in [0.5, 0.6) is 0 Å². The molecule has 0 atom stereocenters. The molecule has 0 aliphatic heterocycles. The summed E-state index contributed by atoms with van der Waals surface area (Å²) < 4.78 is 1.93. The summed E-state index contributed by atoms with van der Waals surface area (Å²) in [4.78, 5) is 13.2. The highest BCUT2D eigenvalue weighted by Crippen LogP contribution is 2.02. The van der Waals surface area contributed by atoms with E-state index < -0.39 is 0 Å². The van der Waals surface area contributed by atoms with E-state index in [1.807, 2.05) is 17.7 Å². The lowest BCUT2D eigenvalue weighted by molar-refractivity contribution is -0.127. The topological polar surface area (TPSA) is 51.0 Å². The summed E-state index contributed by atoms with van der Waals surface area (Å²) in [5.74, 6) is 1.46. The molecule has 1 aromatic rings. The predicted octanol–water partition coefficient (Wildman–Crippen LogP) is 0.619. The second-order valence-electron chi connectivity index (χ2n) is 3.22. The third-order valence-corrected chi connectivity index (χ3v) is 2.64. The third kappa shape index (κ3) is 3.23. The Balaban J connectivity index is 2.57. The third-order valence-electron chi connectivity index (χ3n) is 2.11. The Bertz CT molecular complexity index is 326. The lowest BCUT2D eigenvalue weighted by Crippen LogP contribution is -2.29. The smallest absolute Gasteiger partial charge is 0.232 e. The molecule has 0 fully saturated rings. The first-order valence-corrected chi connectivity index (χ1v) is 6.18. The second kappa shape index (κ2) is 5.75. The number of carbonyl (C=O) groups excluding carboxylic acids is 1. The number of aromatic nitrogens is 3. The number of nitrogens with zero attached hydrogens (tertiary/aromatic N) is 4. The number of aryl methyl sites for hydroxylation is 1. The van der Waals surface area contributed by atoms with Gasteiger partial charge in [-0.05, 0) is 13.2 Å². The number of rotatable bonds is 5. The largest absolute Gasteiger partial charge is 0.337 e. The number of hydrogen-bond acceptors (Lipinski definition) is 4. The molecule has 84 valence electrons. The van der Waals surface area contributed by atoms with E-state index in [2.05, 4.69) is 10.2 Å². The van der Waals surface area contributed by atoms with E-state index in [9.17, 15) is 4.79 Å². The van der Waals surface area contributed by atoms with Crippen LogP contribution in [0.1, 0.15) is 12.7 Å². The highest BCUT2D eigenvalue weighted by Gasteiger charge is 2.11. The van der Waals surface area contributed by atoms with Crippen LogP contribution < -0.4 is 0 Å². The van der Waals surface area contributed by atoms with Crippen molar-refractivity contribution < 1.29 is 4.79 Å². The van der Waals surface area contributed by atoms with Gasteiger partial charge in [0, 0.05) is 13.6 Å².